The van der Waals surface area contributed by atoms with Gasteiger partial charge in [0.25, 0.3) is 5.91 Å². The minimum atomic E-state index is -0.486. The van der Waals surface area contributed by atoms with E-state index in [1.54, 1.807) is 39.3 Å². The van der Waals surface area contributed by atoms with Crippen LogP contribution in [-0.2, 0) is 4.79 Å². The lowest BCUT2D eigenvalue weighted by atomic mass is 10.2. The summed E-state index contributed by atoms with van der Waals surface area (Å²) in [6, 6.07) is 12.7. The van der Waals surface area contributed by atoms with Gasteiger partial charge in [-0.05, 0) is 31.2 Å². The third-order valence-electron chi connectivity index (χ3n) is 3.85. The zero-order chi connectivity index (χ0) is 19.2. The van der Waals surface area contributed by atoms with Crippen molar-refractivity contribution in [3.05, 3.63) is 48.0 Å². The Morgan fingerprint density at radius 1 is 1.22 bits per heavy atom. The Bertz CT molecular complexity index is 937. The van der Waals surface area contributed by atoms with Gasteiger partial charge in [-0.3, -0.25) is 4.79 Å². The van der Waals surface area contributed by atoms with E-state index in [0.29, 0.717) is 16.6 Å². The Hall–Kier alpha value is -3.13. The van der Waals surface area contributed by atoms with Crippen molar-refractivity contribution in [2.75, 3.05) is 19.5 Å². The molecule has 140 valence electrons. The van der Waals surface area contributed by atoms with E-state index in [-0.39, 0.29) is 5.91 Å². The minimum Gasteiger partial charge on any atom is -0.497 e. The van der Waals surface area contributed by atoms with Crippen LogP contribution in [0.15, 0.2) is 47.6 Å². The summed E-state index contributed by atoms with van der Waals surface area (Å²) in [6.45, 7) is 1.75. The third kappa shape index (κ3) is 4.53. The molecule has 3 rings (SSSR count). The first-order valence-electron chi connectivity index (χ1n) is 8.27. The molecule has 7 nitrogen and oxygen atoms in total. The molecule has 8 heteroatoms. The second kappa shape index (κ2) is 8.50. The van der Waals surface area contributed by atoms with E-state index >= 15 is 0 Å². The highest BCUT2D eigenvalue weighted by Crippen LogP contribution is 2.26. The highest BCUT2D eigenvalue weighted by atomic mass is 32.1. The van der Waals surface area contributed by atoms with Gasteiger partial charge in [0, 0.05) is 11.6 Å². The summed E-state index contributed by atoms with van der Waals surface area (Å²) in [6.07, 6.45) is 1.53. The lowest BCUT2D eigenvalue weighted by molar-refractivity contribution is -0.121. The number of rotatable bonds is 7. The number of carbonyl (C=O) groups is 1. The number of aromatic nitrogens is 1. The van der Waals surface area contributed by atoms with Crippen molar-refractivity contribution in [1.82, 2.24) is 10.4 Å². The normalized spacial score (nSPS) is 12.1. The number of hydrogen-bond acceptors (Lipinski definition) is 7. The summed E-state index contributed by atoms with van der Waals surface area (Å²) in [4.78, 5) is 16.7. The summed E-state index contributed by atoms with van der Waals surface area (Å²) < 4.78 is 11.5. The Balaban J connectivity index is 1.60. The molecular weight excluding hydrogens is 364 g/mol. The average Bonchev–Trinajstić information content (AvgIpc) is 3.10. The number of para-hydroxylation sites is 1. The molecule has 0 aliphatic heterocycles. The van der Waals surface area contributed by atoms with Crippen molar-refractivity contribution in [2.24, 2.45) is 5.10 Å². The maximum absolute atomic E-state index is 12.2. The van der Waals surface area contributed by atoms with E-state index in [0.717, 1.165) is 15.8 Å². The molecule has 3 aromatic rings. The Labute approximate surface area is 161 Å². The van der Waals surface area contributed by atoms with E-state index in [4.69, 9.17) is 9.47 Å². The number of hydrogen-bond donors (Lipinski definition) is 2. The van der Waals surface area contributed by atoms with Crippen molar-refractivity contribution < 1.29 is 14.3 Å². The largest absolute Gasteiger partial charge is 0.497 e. The molecule has 27 heavy (non-hydrogen) atoms. The van der Waals surface area contributed by atoms with Crippen molar-refractivity contribution in [3.63, 3.8) is 0 Å². The second-order valence-corrected chi connectivity index (χ2v) is 6.73. The molecule has 2 aromatic carbocycles. The van der Waals surface area contributed by atoms with E-state index in [9.17, 15) is 4.79 Å². The molecule has 1 amide bonds. The van der Waals surface area contributed by atoms with Crippen molar-refractivity contribution >= 4 is 38.8 Å². The van der Waals surface area contributed by atoms with Gasteiger partial charge in [-0.1, -0.05) is 23.5 Å². The van der Waals surface area contributed by atoms with Gasteiger partial charge < -0.3 is 14.8 Å². The van der Waals surface area contributed by atoms with Crippen LogP contribution in [0.2, 0.25) is 0 Å². The molecule has 0 spiro atoms. The topological polar surface area (TPSA) is 84.8 Å². The number of hydrazone groups is 1. The zero-order valence-electron chi connectivity index (χ0n) is 15.2. The lowest BCUT2D eigenvalue weighted by Crippen LogP contribution is -2.34. The standard InChI is InChI=1S/C19H20N4O3S/c1-12(21-19-22-15-6-4-5-7-17(15)27-19)18(24)23-20-11-13-8-9-14(25-2)10-16(13)26-3/h4-12H,1-3H3,(H,21,22)(H,23,24)/b20-11-/t12-/m0/s1. The van der Waals surface area contributed by atoms with Gasteiger partial charge in [0.05, 0.1) is 30.7 Å². The minimum absolute atomic E-state index is 0.266. The number of nitrogens with zero attached hydrogens (tertiary/aromatic N) is 2. The van der Waals surface area contributed by atoms with Crippen LogP contribution in [0.4, 0.5) is 5.13 Å². The molecule has 2 N–H and O–H groups in total. The predicted molar refractivity (Wildman–Crippen MR) is 108 cm³/mol. The van der Waals surface area contributed by atoms with Gasteiger partial charge in [-0.25, -0.2) is 10.4 Å². The van der Waals surface area contributed by atoms with Gasteiger partial charge in [-0.2, -0.15) is 5.10 Å². The van der Waals surface area contributed by atoms with Crippen molar-refractivity contribution in [2.45, 2.75) is 13.0 Å². The van der Waals surface area contributed by atoms with E-state index in [2.05, 4.69) is 20.8 Å². The fourth-order valence-corrected chi connectivity index (χ4v) is 3.32. The Morgan fingerprint density at radius 2 is 2.04 bits per heavy atom. The van der Waals surface area contributed by atoms with E-state index in [1.165, 1.54) is 17.6 Å². The van der Waals surface area contributed by atoms with Crippen LogP contribution >= 0.6 is 11.3 Å². The van der Waals surface area contributed by atoms with Crippen LogP contribution in [0.5, 0.6) is 11.5 Å². The summed E-state index contributed by atoms with van der Waals surface area (Å²) >= 11 is 1.50. The molecule has 1 atom stereocenters. The molecule has 0 aliphatic carbocycles. The van der Waals surface area contributed by atoms with Gasteiger partial charge in [0.1, 0.15) is 17.5 Å². The number of amides is 1. The number of thiazole rings is 1. The Kier molecular flexibility index (Phi) is 5.87. The van der Waals surface area contributed by atoms with E-state index < -0.39 is 6.04 Å². The molecule has 0 fully saturated rings. The molecule has 0 radical (unpaired) electrons. The fraction of sp³-hybridized carbons (Fsp3) is 0.211. The van der Waals surface area contributed by atoms with Gasteiger partial charge in [0.15, 0.2) is 5.13 Å². The highest BCUT2D eigenvalue weighted by molar-refractivity contribution is 7.22. The van der Waals surface area contributed by atoms with Crippen molar-refractivity contribution in [1.29, 1.82) is 0 Å². The summed E-state index contributed by atoms with van der Waals surface area (Å²) in [7, 11) is 3.15. The summed E-state index contributed by atoms with van der Waals surface area (Å²) in [5.74, 6) is 1.02. The molecule has 0 saturated carbocycles. The maximum atomic E-state index is 12.2. The first kappa shape index (κ1) is 18.7. The predicted octanol–water partition coefficient (Wildman–Crippen LogP) is 3.26. The summed E-state index contributed by atoms with van der Waals surface area (Å²) in [5.41, 5.74) is 4.15. The fourth-order valence-electron chi connectivity index (χ4n) is 2.37. The number of methoxy groups -OCH3 is 2. The van der Waals surface area contributed by atoms with Crippen molar-refractivity contribution in [3.8, 4) is 11.5 Å². The lowest BCUT2D eigenvalue weighted by Gasteiger charge is -2.10. The Morgan fingerprint density at radius 3 is 2.78 bits per heavy atom. The van der Waals surface area contributed by atoms with Gasteiger partial charge in [-0.15, -0.1) is 0 Å². The number of anilines is 1. The second-order valence-electron chi connectivity index (χ2n) is 5.69. The maximum Gasteiger partial charge on any atom is 0.262 e. The number of carbonyl (C=O) groups excluding carboxylic acids is 1. The number of nitrogens with one attached hydrogen (secondary N) is 2. The van der Waals surface area contributed by atoms with Crippen LogP contribution in [0.3, 0.4) is 0 Å². The van der Waals surface area contributed by atoms with Crippen LogP contribution in [-0.4, -0.2) is 37.4 Å². The first-order chi connectivity index (χ1) is 13.1. The third-order valence-corrected chi connectivity index (χ3v) is 4.81. The molecule has 0 bridgehead atoms. The van der Waals surface area contributed by atoms with Crippen LogP contribution in [0, 0.1) is 0 Å². The first-order valence-corrected chi connectivity index (χ1v) is 9.09. The zero-order valence-corrected chi connectivity index (χ0v) is 16.0. The summed E-state index contributed by atoms with van der Waals surface area (Å²) in [5, 5.41) is 7.80. The van der Waals surface area contributed by atoms with E-state index in [1.807, 2.05) is 24.3 Å². The van der Waals surface area contributed by atoms with Crippen LogP contribution < -0.4 is 20.2 Å². The van der Waals surface area contributed by atoms with Crippen LogP contribution in [0.25, 0.3) is 10.2 Å². The molecular formula is C19H20N4O3S. The molecule has 0 unspecified atom stereocenters. The molecule has 1 aromatic heterocycles. The quantitative estimate of drug-likeness (QED) is 0.482. The van der Waals surface area contributed by atoms with Gasteiger partial charge in [0.2, 0.25) is 0 Å². The monoisotopic (exact) mass is 384 g/mol. The highest BCUT2D eigenvalue weighted by Gasteiger charge is 2.14. The average molecular weight is 384 g/mol. The SMILES string of the molecule is COc1ccc(/C=N\NC(=O)[C@H](C)Nc2nc3ccccc3s2)c(OC)c1. The molecule has 0 saturated heterocycles. The van der Waals surface area contributed by atoms with Crippen LogP contribution in [0.1, 0.15) is 12.5 Å². The number of ether oxygens (including phenoxy) is 2. The number of benzene rings is 2. The number of fused-ring (bicyclic) bond motifs is 1. The smallest absolute Gasteiger partial charge is 0.262 e. The molecule has 0 aliphatic rings. The molecule has 1 heterocycles. The van der Waals surface area contributed by atoms with Gasteiger partial charge >= 0.3 is 0 Å².